The van der Waals surface area contributed by atoms with Gasteiger partial charge in [-0.25, -0.2) is 9.36 Å². The van der Waals surface area contributed by atoms with E-state index in [9.17, 15) is 9.59 Å². The number of ether oxygens (including phenoxy) is 2. The van der Waals surface area contributed by atoms with Crippen LogP contribution in [-0.4, -0.2) is 39.7 Å². The van der Waals surface area contributed by atoms with E-state index in [0.717, 1.165) is 4.68 Å². The highest BCUT2D eigenvalue weighted by Gasteiger charge is 2.10. The molecular weight excluding hydrogens is 338 g/mol. The topological polar surface area (TPSA) is 100 Å². The lowest BCUT2D eigenvalue weighted by molar-refractivity contribution is -0.117. The van der Waals surface area contributed by atoms with Gasteiger partial charge in [0.05, 0.1) is 14.2 Å². The molecule has 0 bridgehead atoms. The summed E-state index contributed by atoms with van der Waals surface area (Å²) in [7, 11) is 3.04. The zero-order chi connectivity index (χ0) is 18.5. The Hall–Kier alpha value is -3.62. The summed E-state index contributed by atoms with van der Waals surface area (Å²) >= 11 is 0. The Kier molecular flexibility index (Phi) is 4.97. The first-order valence-corrected chi connectivity index (χ1v) is 7.71. The van der Waals surface area contributed by atoms with Crippen molar-refractivity contribution in [1.82, 2.24) is 19.6 Å². The van der Waals surface area contributed by atoms with Crippen LogP contribution in [0.2, 0.25) is 0 Å². The number of hydrogen-bond acceptors (Lipinski definition) is 6. The number of carbonyl (C=O) groups is 1. The number of anilines is 1. The summed E-state index contributed by atoms with van der Waals surface area (Å²) in [6.07, 6.45) is 3.29. The first kappa shape index (κ1) is 17.2. The summed E-state index contributed by atoms with van der Waals surface area (Å²) in [5.74, 6) is 1.08. The van der Waals surface area contributed by atoms with E-state index < -0.39 is 5.91 Å². The van der Waals surface area contributed by atoms with Gasteiger partial charge in [-0.3, -0.25) is 9.59 Å². The largest absolute Gasteiger partial charge is 0.493 e. The summed E-state index contributed by atoms with van der Waals surface area (Å²) in [6.45, 7) is -0.234. The fourth-order valence-corrected chi connectivity index (χ4v) is 2.33. The smallest absolute Gasteiger partial charge is 0.267 e. The van der Waals surface area contributed by atoms with Crippen molar-refractivity contribution in [2.75, 3.05) is 19.5 Å². The van der Waals surface area contributed by atoms with Crippen molar-refractivity contribution in [2.24, 2.45) is 0 Å². The van der Waals surface area contributed by atoms with Gasteiger partial charge in [0.2, 0.25) is 5.91 Å². The van der Waals surface area contributed by atoms with E-state index >= 15 is 0 Å². The molecule has 0 spiro atoms. The van der Waals surface area contributed by atoms with Gasteiger partial charge in [0.15, 0.2) is 17.3 Å². The minimum atomic E-state index is -0.399. The Morgan fingerprint density at radius 1 is 1.15 bits per heavy atom. The van der Waals surface area contributed by atoms with Crippen LogP contribution >= 0.6 is 0 Å². The standard InChI is InChI=1S/C17H17N5O4/c1-25-13-5-4-12(10-14(13)26-2)19-16(23)11-22-17(24)7-6-15(20-22)21-9-3-8-18-21/h3-10H,11H2,1-2H3,(H,19,23). The summed E-state index contributed by atoms with van der Waals surface area (Å²) in [5.41, 5.74) is 0.132. The number of nitrogens with zero attached hydrogens (tertiary/aromatic N) is 4. The van der Waals surface area contributed by atoms with Crippen LogP contribution in [0.4, 0.5) is 5.69 Å². The second-order valence-electron chi connectivity index (χ2n) is 5.26. The molecule has 0 saturated carbocycles. The van der Waals surface area contributed by atoms with Crippen LogP contribution in [0, 0.1) is 0 Å². The van der Waals surface area contributed by atoms with Gasteiger partial charge < -0.3 is 14.8 Å². The highest BCUT2D eigenvalue weighted by molar-refractivity contribution is 5.90. The third-order valence-corrected chi connectivity index (χ3v) is 3.55. The predicted molar refractivity (Wildman–Crippen MR) is 93.8 cm³/mol. The van der Waals surface area contributed by atoms with Gasteiger partial charge in [0.1, 0.15) is 6.54 Å². The number of rotatable bonds is 6. The van der Waals surface area contributed by atoms with Crippen molar-refractivity contribution < 1.29 is 14.3 Å². The fourth-order valence-electron chi connectivity index (χ4n) is 2.33. The summed E-state index contributed by atoms with van der Waals surface area (Å²) in [6, 6.07) is 9.60. The van der Waals surface area contributed by atoms with Crippen LogP contribution in [0.25, 0.3) is 5.82 Å². The molecule has 3 aromatic rings. The number of nitrogens with one attached hydrogen (secondary N) is 1. The molecule has 26 heavy (non-hydrogen) atoms. The fraction of sp³-hybridized carbons (Fsp3) is 0.176. The molecule has 134 valence electrons. The van der Waals surface area contributed by atoms with Crippen LogP contribution in [0.5, 0.6) is 11.5 Å². The molecule has 9 heteroatoms. The Balaban J connectivity index is 1.76. The minimum Gasteiger partial charge on any atom is -0.493 e. The van der Waals surface area contributed by atoms with Gasteiger partial charge in [-0.1, -0.05) is 0 Å². The van der Waals surface area contributed by atoms with Gasteiger partial charge in [-0.2, -0.15) is 5.10 Å². The molecular formula is C17H17N5O4. The molecule has 1 N–H and O–H groups in total. The van der Waals surface area contributed by atoms with E-state index in [4.69, 9.17) is 9.47 Å². The number of aromatic nitrogens is 4. The van der Waals surface area contributed by atoms with Crippen LogP contribution in [0.15, 0.2) is 53.6 Å². The quantitative estimate of drug-likeness (QED) is 0.710. The third-order valence-electron chi connectivity index (χ3n) is 3.55. The maximum atomic E-state index is 12.3. The molecule has 0 fully saturated rings. The van der Waals surface area contributed by atoms with Crippen molar-refractivity contribution >= 4 is 11.6 Å². The van der Waals surface area contributed by atoms with Crippen molar-refractivity contribution in [3.63, 3.8) is 0 Å². The molecule has 0 radical (unpaired) electrons. The van der Waals surface area contributed by atoms with E-state index in [1.165, 1.54) is 31.0 Å². The average Bonchev–Trinajstić information content (AvgIpc) is 3.18. The van der Waals surface area contributed by atoms with Gasteiger partial charge in [-0.05, 0) is 24.3 Å². The molecule has 0 aliphatic rings. The lowest BCUT2D eigenvalue weighted by Crippen LogP contribution is -2.30. The van der Waals surface area contributed by atoms with E-state index in [0.29, 0.717) is 23.0 Å². The van der Waals surface area contributed by atoms with Crippen molar-refractivity contribution in [2.45, 2.75) is 6.54 Å². The van der Waals surface area contributed by atoms with Crippen molar-refractivity contribution in [1.29, 1.82) is 0 Å². The molecule has 0 aliphatic carbocycles. The molecule has 1 amide bonds. The molecule has 2 aromatic heterocycles. The first-order chi connectivity index (χ1) is 12.6. The molecule has 1 aromatic carbocycles. The first-order valence-electron chi connectivity index (χ1n) is 7.71. The lowest BCUT2D eigenvalue weighted by atomic mass is 10.2. The van der Waals surface area contributed by atoms with E-state index in [1.807, 2.05) is 0 Å². The number of methoxy groups -OCH3 is 2. The Morgan fingerprint density at radius 3 is 2.65 bits per heavy atom. The van der Waals surface area contributed by atoms with Crippen molar-refractivity contribution in [3.05, 3.63) is 59.1 Å². The van der Waals surface area contributed by atoms with Gasteiger partial charge >= 0.3 is 0 Å². The third kappa shape index (κ3) is 3.72. The molecule has 0 aliphatic heterocycles. The summed E-state index contributed by atoms with van der Waals surface area (Å²) in [4.78, 5) is 24.2. The number of hydrogen-bond donors (Lipinski definition) is 1. The summed E-state index contributed by atoms with van der Waals surface area (Å²) < 4.78 is 12.9. The second-order valence-corrected chi connectivity index (χ2v) is 5.26. The number of carbonyl (C=O) groups excluding carboxylic acids is 1. The van der Waals surface area contributed by atoms with Crippen LogP contribution in [-0.2, 0) is 11.3 Å². The SMILES string of the molecule is COc1ccc(NC(=O)Cn2nc(-n3cccn3)ccc2=O)cc1OC. The molecule has 0 saturated heterocycles. The maximum Gasteiger partial charge on any atom is 0.267 e. The van der Waals surface area contributed by atoms with Crippen LogP contribution < -0.4 is 20.3 Å². The van der Waals surface area contributed by atoms with Crippen molar-refractivity contribution in [3.8, 4) is 17.3 Å². The van der Waals surface area contributed by atoms with E-state index in [2.05, 4.69) is 15.5 Å². The number of amides is 1. The molecule has 0 unspecified atom stereocenters. The Bertz CT molecular complexity index is 966. The highest BCUT2D eigenvalue weighted by Crippen LogP contribution is 2.29. The van der Waals surface area contributed by atoms with Crippen LogP contribution in [0.3, 0.4) is 0 Å². The van der Waals surface area contributed by atoms with E-state index in [1.54, 1.807) is 36.7 Å². The predicted octanol–water partition coefficient (Wildman–Crippen LogP) is 1.08. The van der Waals surface area contributed by atoms with Gasteiger partial charge in [0, 0.05) is 30.2 Å². The zero-order valence-corrected chi connectivity index (χ0v) is 14.2. The van der Waals surface area contributed by atoms with Gasteiger partial charge in [0.25, 0.3) is 5.56 Å². The molecule has 0 atom stereocenters. The molecule has 3 rings (SSSR count). The Labute approximate surface area is 148 Å². The lowest BCUT2D eigenvalue weighted by Gasteiger charge is -2.11. The van der Waals surface area contributed by atoms with Gasteiger partial charge in [-0.15, -0.1) is 5.10 Å². The normalized spacial score (nSPS) is 10.4. The maximum absolute atomic E-state index is 12.3. The monoisotopic (exact) mass is 355 g/mol. The minimum absolute atomic E-state index is 0.234. The van der Waals surface area contributed by atoms with Crippen LogP contribution in [0.1, 0.15) is 0 Å². The zero-order valence-electron chi connectivity index (χ0n) is 14.2. The second kappa shape index (κ2) is 7.51. The average molecular weight is 355 g/mol. The van der Waals surface area contributed by atoms with E-state index in [-0.39, 0.29) is 12.1 Å². The molecule has 9 nitrogen and oxygen atoms in total. The number of benzene rings is 1. The molecule has 2 heterocycles. The Morgan fingerprint density at radius 2 is 1.96 bits per heavy atom. The highest BCUT2D eigenvalue weighted by atomic mass is 16.5. The summed E-state index contributed by atoms with van der Waals surface area (Å²) in [5, 5.41) is 10.9.